The normalized spacial score (nSPS) is 10.3. The molecule has 6 nitrogen and oxygen atoms in total. The molecule has 1 aromatic carbocycles. The second-order valence-corrected chi connectivity index (χ2v) is 4.20. The van der Waals surface area contributed by atoms with Gasteiger partial charge in [-0.3, -0.25) is 10.1 Å². The van der Waals surface area contributed by atoms with Gasteiger partial charge in [-0.05, 0) is 11.6 Å². The highest BCUT2D eigenvalue weighted by molar-refractivity contribution is 7.07. The number of nitrogens with zero attached hydrogens (tertiary/aromatic N) is 2. The van der Waals surface area contributed by atoms with E-state index in [1.54, 1.807) is 11.6 Å². The molecule has 0 saturated carbocycles. The zero-order chi connectivity index (χ0) is 13.0. The van der Waals surface area contributed by atoms with Gasteiger partial charge in [-0.25, -0.2) is 4.98 Å². The van der Waals surface area contributed by atoms with E-state index >= 15 is 0 Å². The van der Waals surface area contributed by atoms with Crippen LogP contribution in [0, 0.1) is 10.1 Å². The Bertz CT molecular complexity index is 542. The summed E-state index contributed by atoms with van der Waals surface area (Å²) < 4.78 is 5.36. The lowest BCUT2D eigenvalue weighted by molar-refractivity contribution is -0.386. The molecule has 0 aliphatic carbocycles. The summed E-state index contributed by atoms with van der Waals surface area (Å²) in [5.41, 5.74) is 2.71. The highest BCUT2D eigenvalue weighted by atomic mass is 32.1. The third-order valence-electron chi connectivity index (χ3n) is 2.26. The van der Waals surface area contributed by atoms with Gasteiger partial charge in [0.25, 0.3) is 0 Å². The number of hydrogen-bond donors (Lipinski definition) is 1. The van der Waals surface area contributed by atoms with Crippen LogP contribution < -0.4 is 4.74 Å². The van der Waals surface area contributed by atoms with Crippen LogP contribution in [0.1, 0.15) is 11.3 Å². The Kier molecular flexibility index (Phi) is 3.85. The molecule has 94 valence electrons. The maximum atomic E-state index is 10.9. The molecule has 7 heteroatoms. The number of nitro groups is 1. The second kappa shape index (κ2) is 5.56. The van der Waals surface area contributed by atoms with Gasteiger partial charge < -0.3 is 9.84 Å². The Balaban J connectivity index is 2.18. The SMILES string of the molecule is O=[N+]([O-])c1cc(CO)ccc1OCc1cscn1. The van der Waals surface area contributed by atoms with Gasteiger partial charge in [0.05, 0.1) is 22.7 Å². The molecule has 0 saturated heterocycles. The summed E-state index contributed by atoms with van der Waals surface area (Å²) in [6.07, 6.45) is 0. The minimum Gasteiger partial charge on any atom is -0.480 e. The van der Waals surface area contributed by atoms with Gasteiger partial charge in [-0.15, -0.1) is 11.3 Å². The smallest absolute Gasteiger partial charge is 0.311 e. The van der Waals surface area contributed by atoms with Crippen molar-refractivity contribution in [2.45, 2.75) is 13.2 Å². The Morgan fingerprint density at radius 2 is 2.33 bits per heavy atom. The molecular formula is C11H10N2O4S. The first-order valence-corrected chi connectivity index (χ1v) is 6.03. The molecule has 0 amide bonds. The van der Waals surface area contributed by atoms with Crippen LogP contribution in [0.15, 0.2) is 29.1 Å². The van der Waals surface area contributed by atoms with Crippen molar-refractivity contribution in [1.82, 2.24) is 4.98 Å². The molecule has 0 bridgehead atoms. The number of nitro benzene ring substituents is 1. The fourth-order valence-corrected chi connectivity index (χ4v) is 1.93. The van der Waals surface area contributed by atoms with E-state index in [0.717, 1.165) is 5.69 Å². The average molecular weight is 266 g/mol. The zero-order valence-corrected chi connectivity index (χ0v) is 10.1. The van der Waals surface area contributed by atoms with Gasteiger partial charge in [0.15, 0.2) is 5.75 Å². The Labute approximate surface area is 107 Å². The standard InChI is InChI=1S/C11H10N2O4S/c14-4-8-1-2-11(10(3-8)13(15)16)17-5-9-6-18-7-12-9/h1-3,6-7,14H,4-5H2. The lowest BCUT2D eigenvalue weighted by Gasteiger charge is -2.06. The summed E-state index contributed by atoms with van der Waals surface area (Å²) in [6, 6.07) is 4.37. The van der Waals surface area contributed by atoms with Gasteiger partial charge in [0.1, 0.15) is 6.61 Å². The Hall–Kier alpha value is -1.99. The van der Waals surface area contributed by atoms with Crippen LogP contribution in [0.25, 0.3) is 0 Å². The molecule has 2 rings (SSSR count). The van der Waals surface area contributed by atoms with Crippen molar-refractivity contribution in [3.05, 3.63) is 50.5 Å². The van der Waals surface area contributed by atoms with Gasteiger partial charge in [-0.1, -0.05) is 6.07 Å². The van der Waals surface area contributed by atoms with Crippen molar-refractivity contribution in [2.75, 3.05) is 0 Å². The monoisotopic (exact) mass is 266 g/mol. The van der Waals surface area contributed by atoms with Crippen molar-refractivity contribution in [1.29, 1.82) is 0 Å². The number of aliphatic hydroxyl groups excluding tert-OH is 1. The van der Waals surface area contributed by atoms with E-state index in [9.17, 15) is 10.1 Å². The van der Waals surface area contributed by atoms with Crippen molar-refractivity contribution in [2.24, 2.45) is 0 Å². The van der Waals surface area contributed by atoms with Crippen molar-refractivity contribution in [3.8, 4) is 5.75 Å². The largest absolute Gasteiger partial charge is 0.480 e. The predicted octanol–water partition coefficient (Wildman–Crippen LogP) is 2.12. The summed E-state index contributed by atoms with van der Waals surface area (Å²) >= 11 is 1.43. The fourth-order valence-electron chi connectivity index (χ4n) is 1.39. The van der Waals surface area contributed by atoms with Crippen LogP contribution in [0.2, 0.25) is 0 Å². The molecular weight excluding hydrogens is 256 g/mol. The first kappa shape index (κ1) is 12.5. The molecule has 1 aromatic heterocycles. The summed E-state index contributed by atoms with van der Waals surface area (Å²) in [5.74, 6) is 0.171. The highest BCUT2D eigenvalue weighted by Gasteiger charge is 2.16. The average Bonchev–Trinajstić information content (AvgIpc) is 2.89. The van der Waals surface area contributed by atoms with Gasteiger partial charge in [0.2, 0.25) is 0 Å². The van der Waals surface area contributed by atoms with Crippen LogP contribution in [-0.4, -0.2) is 15.0 Å². The first-order valence-electron chi connectivity index (χ1n) is 5.08. The number of rotatable bonds is 5. The molecule has 2 aromatic rings. The van der Waals surface area contributed by atoms with Crippen LogP contribution in [0.4, 0.5) is 5.69 Å². The maximum Gasteiger partial charge on any atom is 0.311 e. The fraction of sp³-hybridized carbons (Fsp3) is 0.182. The van der Waals surface area contributed by atoms with E-state index in [-0.39, 0.29) is 24.7 Å². The molecule has 1 heterocycles. The number of aromatic nitrogens is 1. The van der Waals surface area contributed by atoms with E-state index in [1.807, 2.05) is 5.38 Å². The molecule has 0 spiro atoms. The third-order valence-corrected chi connectivity index (χ3v) is 2.90. The molecule has 0 radical (unpaired) electrons. The number of benzene rings is 1. The lowest BCUT2D eigenvalue weighted by atomic mass is 10.2. The van der Waals surface area contributed by atoms with Crippen molar-refractivity contribution >= 4 is 17.0 Å². The quantitative estimate of drug-likeness (QED) is 0.661. The highest BCUT2D eigenvalue weighted by Crippen LogP contribution is 2.28. The first-order chi connectivity index (χ1) is 8.70. The maximum absolute atomic E-state index is 10.9. The topological polar surface area (TPSA) is 85.5 Å². The van der Waals surface area contributed by atoms with Crippen LogP contribution in [0.3, 0.4) is 0 Å². The molecule has 1 N–H and O–H groups in total. The molecule has 0 aliphatic rings. The van der Waals surface area contributed by atoms with Crippen LogP contribution in [-0.2, 0) is 13.2 Å². The minimum absolute atomic E-state index is 0.156. The summed E-state index contributed by atoms with van der Waals surface area (Å²) in [5, 5.41) is 21.6. The Morgan fingerprint density at radius 3 is 2.94 bits per heavy atom. The number of aliphatic hydroxyl groups is 1. The molecule has 0 atom stereocenters. The molecule has 0 unspecified atom stereocenters. The van der Waals surface area contributed by atoms with E-state index in [1.165, 1.54) is 23.5 Å². The third kappa shape index (κ3) is 2.82. The summed E-state index contributed by atoms with van der Waals surface area (Å²) in [4.78, 5) is 14.4. The summed E-state index contributed by atoms with van der Waals surface area (Å²) in [6.45, 7) is -0.0595. The van der Waals surface area contributed by atoms with Gasteiger partial charge in [0, 0.05) is 11.4 Å². The van der Waals surface area contributed by atoms with E-state index in [2.05, 4.69) is 4.98 Å². The zero-order valence-electron chi connectivity index (χ0n) is 9.28. The van der Waals surface area contributed by atoms with Gasteiger partial charge in [-0.2, -0.15) is 0 Å². The molecule has 0 aliphatic heterocycles. The Morgan fingerprint density at radius 1 is 1.50 bits per heavy atom. The number of ether oxygens (including phenoxy) is 1. The molecule has 0 fully saturated rings. The van der Waals surface area contributed by atoms with Crippen molar-refractivity contribution < 1.29 is 14.8 Å². The van der Waals surface area contributed by atoms with Crippen LogP contribution in [0.5, 0.6) is 5.75 Å². The van der Waals surface area contributed by atoms with Crippen molar-refractivity contribution in [3.63, 3.8) is 0 Å². The number of hydrogen-bond acceptors (Lipinski definition) is 6. The van der Waals surface area contributed by atoms with E-state index < -0.39 is 4.92 Å². The second-order valence-electron chi connectivity index (χ2n) is 3.49. The van der Waals surface area contributed by atoms with Crippen LogP contribution >= 0.6 is 11.3 Å². The van der Waals surface area contributed by atoms with Gasteiger partial charge >= 0.3 is 5.69 Å². The minimum atomic E-state index is -0.532. The predicted molar refractivity (Wildman–Crippen MR) is 65.5 cm³/mol. The summed E-state index contributed by atoms with van der Waals surface area (Å²) in [7, 11) is 0. The lowest BCUT2D eigenvalue weighted by Crippen LogP contribution is -2.00. The number of thiazole rings is 1. The van der Waals surface area contributed by atoms with E-state index in [0.29, 0.717) is 5.56 Å². The van der Waals surface area contributed by atoms with E-state index in [4.69, 9.17) is 9.84 Å². The molecule has 18 heavy (non-hydrogen) atoms.